The van der Waals surface area contributed by atoms with Gasteiger partial charge in [-0.3, -0.25) is 4.72 Å². The van der Waals surface area contributed by atoms with E-state index in [0.717, 1.165) is 44.3 Å². The molecule has 2 aromatic rings. The maximum atomic E-state index is 12.8. The smallest absolute Gasteiger partial charge is 0.339 e. The Balaban J connectivity index is 1.93. The van der Waals surface area contributed by atoms with E-state index in [9.17, 15) is 18.3 Å². The number of nitrogens with one attached hydrogen (secondary N) is 1. The molecule has 1 saturated heterocycles. The van der Waals surface area contributed by atoms with Crippen LogP contribution in [0.4, 0.5) is 11.5 Å². The van der Waals surface area contributed by atoms with Crippen LogP contribution in [0.5, 0.6) is 0 Å². The maximum Gasteiger partial charge on any atom is 0.339 e. The molecule has 1 aromatic heterocycles. The zero-order valence-corrected chi connectivity index (χ0v) is 16.9. The van der Waals surface area contributed by atoms with Crippen LogP contribution in [0.25, 0.3) is 0 Å². The summed E-state index contributed by atoms with van der Waals surface area (Å²) in [6.45, 7) is 5.04. The Labute approximate surface area is 165 Å². The number of hydrogen-bond acceptors (Lipinski definition) is 5. The van der Waals surface area contributed by atoms with E-state index >= 15 is 0 Å². The fourth-order valence-electron chi connectivity index (χ4n) is 3.41. The monoisotopic (exact) mass is 403 g/mol. The largest absolute Gasteiger partial charge is 0.478 e. The van der Waals surface area contributed by atoms with Crippen LogP contribution in [0, 0.1) is 13.8 Å². The van der Waals surface area contributed by atoms with Crippen LogP contribution in [0.1, 0.15) is 47.2 Å². The van der Waals surface area contributed by atoms with Crippen molar-refractivity contribution in [2.24, 2.45) is 0 Å². The van der Waals surface area contributed by atoms with Gasteiger partial charge in [0.15, 0.2) is 0 Å². The number of benzene rings is 1. The molecule has 2 heterocycles. The number of sulfonamides is 1. The number of carboxylic acid groups (broad SMARTS) is 1. The van der Waals surface area contributed by atoms with Gasteiger partial charge in [0.2, 0.25) is 0 Å². The first-order valence-corrected chi connectivity index (χ1v) is 10.8. The van der Waals surface area contributed by atoms with Gasteiger partial charge < -0.3 is 10.0 Å². The molecule has 1 aliphatic rings. The Hall–Kier alpha value is -2.61. The van der Waals surface area contributed by atoms with E-state index in [1.54, 1.807) is 19.1 Å². The minimum absolute atomic E-state index is 0.00284. The van der Waals surface area contributed by atoms with Gasteiger partial charge in [-0.1, -0.05) is 25.0 Å². The molecule has 2 N–H and O–H groups in total. The summed E-state index contributed by atoms with van der Waals surface area (Å²) in [5.74, 6) is -0.733. The van der Waals surface area contributed by atoms with E-state index in [0.29, 0.717) is 11.4 Å². The quantitative estimate of drug-likeness (QED) is 0.792. The van der Waals surface area contributed by atoms with Gasteiger partial charge in [-0.2, -0.15) is 0 Å². The first kappa shape index (κ1) is 20.1. The Morgan fingerprint density at radius 1 is 1.11 bits per heavy atom. The van der Waals surface area contributed by atoms with Gasteiger partial charge in [-0.05, 0) is 49.9 Å². The lowest BCUT2D eigenvalue weighted by Crippen LogP contribution is -2.27. The first-order valence-electron chi connectivity index (χ1n) is 9.36. The molecule has 8 heteroatoms. The lowest BCUT2D eigenvalue weighted by atomic mass is 10.2. The number of carboxylic acids is 1. The van der Waals surface area contributed by atoms with Crippen LogP contribution in [-0.4, -0.2) is 37.6 Å². The summed E-state index contributed by atoms with van der Waals surface area (Å²) in [6.07, 6.45) is 5.60. The van der Waals surface area contributed by atoms with Crippen molar-refractivity contribution < 1.29 is 18.3 Å². The molecule has 28 heavy (non-hydrogen) atoms. The first-order chi connectivity index (χ1) is 13.3. The van der Waals surface area contributed by atoms with E-state index in [1.165, 1.54) is 12.3 Å². The average molecular weight is 404 g/mol. The van der Waals surface area contributed by atoms with Gasteiger partial charge in [0.25, 0.3) is 10.0 Å². The van der Waals surface area contributed by atoms with E-state index in [1.807, 2.05) is 17.9 Å². The highest BCUT2D eigenvalue weighted by Gasteiger charge is 2.22. The maximum absolute atomic E-state index is 12.8. The van der Waals surface area contributed by atoms with Crippen LogP contribution in [0.3, 0.4) is 0 Å². The number of anilines is 2. The van der Waals surface area contributed by atoms with E-state index in [4.69, 9.17) is 0 Å². The second-order valence-corrected chi connectivity index (χ2v) is 8.83. The van der Waals surface area contributed by atoms with Crippen molar-refractivity contribution in [1.29, 1.82) is 0 Å². The Bertz CT molecular complexity index is 981. The second kappa shape index (κ2) is 8.18. The van der Waals surface area contributed by atoms with Gasteiger partial charge in [0, 0.05) is 13.1 Å². The molecule has 1 aliphatic heterocycles. The molecule has 0 unspecified atom stereocenters. The topological polar surface area (TPSA) is 99.6 Å². The van der Waals surface area contributed by atoms with Crippen molar-refractivity contribution in [2.45, 2.75) is 44.4 Å². The van der Waals surface area contributed by atoms with Gasteiger partial charge in [0.1, 0.15) is 11.4 Å². The van der Waals surface area contributed by atoms with Gasteiger partial charge in [-0.25, -0.2) is 18.2 Å². The summed E-state index contributed by atoms with van der Waals surface area (Å²) in [5, 5.41) is 9.64. The SMILES string of the molecule is Cc1ccc(C)c(S(=O)(=O)Nc2cnc(N3CCCCCC3)c(C(=O)O)c2)c1. The number of aryl methyl sites for hydroxylation is 2. The highest BCUT2D eigenvalue weighted by atomic mass is 32.2. The van der Waals surface area contributed by atoms with Crippen molar-refractivity contribution in [3.05, 3.63) is 47.2 Å². The minimum Gasteiger partial charge on any atom is -0.478 e. The summed E-state index contributed by atoms with van der Waals surface area (Å²) in [4.78, 5) is 18.2. The molecule has 0 spiro atoms. The molecule has 3 rings (SSSR count). The standard InChI is InChI=1S/C20H25N3O4S/c1-14-7-8-15(2)18(11-14)28(26,27)22-16-12-17(20(24)25)19(21-13-16)23-9-5-3-4-6-10-23/h7-8,11-13,22H,3-6,9-10H2,1-2H3,(H,24,25). The third-order valence-electron chi connectivity index (χ3n) is 4.89. The zero-order chi connectivity index (χ0) is 20.3. The number of rotatable bonds is 5. The molecular weight excluding hydrogens is 378 g/mol. The van der Waals surface area contributed by atoms with Gasteiger partial charge in [0.05, 0.1) is 16.8 Å². The summed E-state index contributed by atoms with van der Waals surface area (Å²) < 4.78 is 28.1. The summed E-state index contributed by atoms with van der Waals surface area (Å²) in [7, 11) is -3.85. The predicted molar refractivity (Wildman–Crippen MR) is 109 cm³/mol. The van der Waals surface area contributed by atoms with Crippen LogP contribution >= 0.6 is 0 Å². The average Bonchev–Trinajstić information content (AvgIpc) is 2.92. The van der Waals surface area contributed by atoms with Crippen LogP contribution in [0.2, 0.25) is 0 Å². The number of pyridine rings is 1. The Morgan fingerprint density at radius 2 is 1.79 bits per heavy atom. The van der Waals surface area contributed by atoms with Crippen molar-refractivity contribution in [3.63, 3.8) is 0 Å². The normalized spacial score (nSPS) is 15.1. The third-order valence-corrected chi connectivity index (χ3v) is 6.41. The van der Waals surface area contributed by atoms with Crippen molar-refractivity contribution in [1.82, 2.24) is 4.98 Å². The Morgan fingerprint density at radius 3 is 2.43 bits per heavy atom. The number of aromatic carboxylic acids is 1. The fraction of sp³-hybridized carbons (Fsp3) is 0.400. The summed E-state index contributed by atoms with van der Waals surface area (Å²) in [5.41, 5.74) is 1.58. The molecule has 1 fully saturated rings. The molecule has 0 bridgehead atoms. The molecule has 7 nitrogen and oxygen atoms in total. The second-order valence-electron chi connectivity index (χ2n) is 7.18. The third kappa shape index (κ3) is 4.44. The van der Waals surface area contributed by atoms with Crippen molar-refractivity contribution in [2.75, 3.05) is 22.7 Å². The number of nitrogens with zero attached hydrogens (tertiary/aromatic N) is 2. The predicted octanol–water partition coefficient (Wildman–Crippen LogP) is 3.58. The van der Waals surface area contributed by atoms with Crippen molar-refractivity contribution in [3.8, 4) is 0 Å². The summed E-state index contributed by atoms with van der Waals surface area (Å²) in [6, 6.07) is 6.52. The van der Waals surface area contributed by atoms with Crippen LogP contribution in [0.15, 0.2) is 35.4 Å². The van der Waals surface area contributed by atoms with E-state index in [-0.39, 0.29) is 16.1 Å². The molecular formula is C20H25N3O4S. The number of aromatic nitrogens is 1. The summed E-state index contributed by atoms with van der Waals surface area (Å²) >= 11 is 0. The molecule has 1 aromatic carbocycles. The molecule has 0 aliphatic carbocycles. The lowest BCUT2D eigenvalue weighted by Gasteiger charge is -2.23. The Kier molecular flexibility index (Phi) is 5.88. The molecule has 150 valence electrons. The van der Waals surface area contributed by atoms with Crippen molar-refractivity contribution >= 4 is 27.5 Å². The lowest BCUT2D eigenvalue weighted by molar-refractivity contribution is 0.0697. The number of carbonyl (C=O) groups is 1. The fourth-order valence-corrected chi connectivity index (χ4v) is 4.78. The highest BCUT2D eigenvalue weighted by Crippen LogP contribution is 2.26. The molecule has 0 radical (unpaired) electrons. The zero-order valence-electron chi connectivity index (χ0n) is 16.1. The van der Waals surface area contributed by atoms with E-state index in [2.05, 4.69) is 9.71 Å². The number of hydrogen-bond donors (Lipinski definition) is 2. The molecule has 0 amide bonds. The van der Waals surface area contributed by atoms with Crippen LogP contribution in [-0.2, 0) is 10.0 Å². The van der Waals surface area contributed by atoms with Gasteiger partial charge >= 0.3 is 5.97 Å². The van der Waals surface area contributed by atoms with E-state index < -0.39 is 16.0 Å². The molecule has 0 saturated carbocycles. The van der Waals surface area contributed by atoms with Crippen LogP contribution < -0.4 is 9.62 Å². The molecule has 0 atom stereocenters. The highest BCUT2D eigenvalue weighted by molar-refractivity contribution is 7.92. The minimum atomic E-state index is -3.85. The van der Waals surface area contributed by atoms with Gasteiger partial charge in [-0.15, -0.1) is 0 Å².